The van der Waals surface area contributed by atoms with E-state index in [2.05, 4.69) is 45.4 Å². The molecule has 0 spiro atoms. The Labute approximate surface area is 191 Å². The monoisotopic (exact) mass is 437 g/mol. The van der Waals surface area contributed by atoms with Crippen LogP contribution in [0.2, 0.25) is 0 Å². The van der Waals surface area contributed by atoms with Crippen molar-refractivity contribution in [3.8, 4) is 5.75 Å². The van der Waals surface area contributed by atoms with Gasteiger partial charge in [-0.15, -0.1) is 0 Å². The Morgan fingerprint density at radius 1 is 1.00 bits per heavy atom. The lowest BCUT2D eigenvalue weighted by molar-refractivity contribution is -0.130. The molecule has 1 N–H and O–H groups in total. The van der Waals surface area contributed by atoms with Crippen LogP contribution in [0.5, 0.6) is 5.75 Å². The number of amides is 1. The van der Waals surface area contributed by atoms with Gasteiger partial charge in [0.05, 0.1) is 12.5 Å². The van der Waals surface area contributed by atoms with Crippen molar-refractivity contribution in [1.29, 1.82) is 0 Å². The summed E-state index contributed by atoms with van der Waals surface area (Å²) in [6, 6.07) is 18.5. The molecule has 172 valence electrons. The lowest BCUT2D eigenvalue weighted by Crippen LogP contribution is -2.49. The Hall–Kier alpha value is -2.57. The van der Waals surface area contributed by atoms with E-state index in [1.54, 1.807) is 7.11 Å². The van der Waals surface area contributed by atoms with Gasteiger partial charge in [-0.1, -0.05) is 30.3 Å². The van der Waals surface area contributed by atoms with Crippen LogP contribution in [0, 0.1) is 0 Å². The second-order valence-electron chi connectivity index (χ2n) is 8.70. The lowest BCUT2D eigenvalue weighted by atomic mass is 9.73. The standard InChI is InChI=1S/C26H35N3O3/c1-31-24-10-8-22(9-11-24)26(12-20-32-21-13-26)25(30)27-14-5-15-28-16-18-29(19-17-28)23-6-3-2-4-7-23/h2-4,6-11H,5,12-21H2,1H3,(H,27,30). The summed E-state index contributed by atoms with van der Waals surface area (Å²) in [6.07, 6.45) is 2.39. The van der Waals surface area contributed by atoms with E-state index < -0.39 is 5.41 Å². The third-order valence-corrected chi connectivity index (χ3v) is 6.85. The second-order valence-corrected chi connectivity index (χ2v) is 8.70. The van der Waals surface area contributed by atoms with Gasteiger partial charge in [0.2, 0.25) is 5.91 Å². The number of benzene rings is 2. The highest BCUT2D eigenvalue weighted by atomic mass is 16.5. The van der Waals surface area contributed by atoms with Gasteiger partial charge in [0, 0.05) is 51.6 Å². The molecule has 4 rings (SSSR count). The highest BCUT2D eigenvalue weighted by Gasteiger charge is 2.41. The second kappa shape index (κ2) is 10.8. The van der Waals surface area contributed by atoms with Crippen LogP contribution in [0.25, 0.3) is 0 Å². The minimum absolute atomic E-state index is 0.125. The van der Waals surface area contributed by atoms with E-state index in [1.807, 2.05) is 24.3 Å². The van der Waals surface area contributed by atoms with Gasteiger partial charge < -0.3 is 19.7 Å². The van der Waals surface area contributed by atoms with Gasteiger partial charge in [-0.25, -0.2) is 0 Å². The van der Waals surface area contributed by atoms with Crippen LogP contribution in [0.15, 0.2) is 54.6 Å². The van der Waals surface area contributed by atoms with Crippen LogP contribution in [0.1, 0.15) is 24.8 Å². The van der Waals surface area contributed by atoms with Crippen molar-refractivity contribution in [2.45, 2.75) is 24.7 Å². The molecule has 2 aromatic carbocycles. The summed E-state index contributed by atoms with van der Waals surface area (Å²) in [5, 5.41) is 3.23. The fourth-order valence-corrected chi connectivity index (χ4v) is 4.82. The molecule has 0 radical (unpaired) electrons. The van der Waals surface area contributed by atoms with Crippen molar-refractivity contribution < 1.29 is 14.3 Å². The molecule has 2 aliphatic heterocycles. The maximum absolute atomic E-state index is 13.3. The number of anilines is 1. The van der Waals surface area contributed by atoms with Crippen LogP contribution in [-0.4, -0.2) is 70.4 Å². The maximum atomic E-state index is 13.3. The van der Waals surface area contributed by atoms with Crippen molar-refractivity contribution in [2.75, 3.05) is 64.5 Å². The van der Waals surface area contributed by atoms with Gasteiger partial charge in [-0.3, -0.25) is 9.69 Å². The number of ether oxygens (including phenoxy) is 2. The molecule has 32 heavy (non-hydrogen) atoms. The summed E-state index contributed by atoms with van der Waals surface area (Å²) in [6.45, 7) is 7.19. The quantitative estimate of drug-likeness (QED) is 0.644. The predicted molar refractivity (Wildman–Crippen MR) is 127 cm³/mol. The number of carbonyl (C=O) groups excluding carboxylic acids is 1. The molecule has 2 saturated heterocycles. The van der Waals surface area contributed by atoms with Crippen LogP contribution >= 0.6 is 0 Å². The number of methoxy groups -OCH3 is 1. The molecular weight excluding hydrogens is 402 g/mol. The summed E-state index contributed by atoms with van der Waals surface area (Å²) < 4.78 is 10.9. The average molecular weight is 438 g/mol. The molecule has 0 saturated carbocycles. The van der Waals surface area contributed by atoms with E-state index in [9.17, 15) is 4.79 Å². The number of hydrogen-bond donors (Lipinski definition) is 1. The zero-order chi connectivity index (χ0) is 22.2. The first-order valence-corrected chi connectivity index (χ1v) is 11.7. The van der Waals surface area contributed by atoms with E-state index in [-0.39, 0.29) is 5.91 Å². The number of carbonyl (C=O) groups is 1. The average Bonchev–Trinajstić information content (AvgIpc) is 2.88. The zero-order valence-corrected chi connectivity index (χ0v) is 19.1. The number of nitrogens with zero attached hydrogens (tertiary/aromatic N) is 2. The Morgan fingerprint density at radius 3 is 2.34 bits per heavy atom. The summed E-state index contributed by atoms with van der Waals surface area (Å²) in [5.74, 6) is 0.934. The summed E-state index contributed by atoms with van der Waals surface area (Å²) in [4.78, 5) is 18.3. The Kier molecular flexibility index (Phi) is 7.66. The zero-order valence-electron chi connectivity index (χ0n) is 19.1. The van der Waals surface area contributed by atoms with Crippen molar-refractivity contribution in [3.05, 3.63) is 60.2 Å². The van der Waals surface area contributed by atoms with Gasteiger partial charge in [0.25, 0.3) is 0 Å². The molecule has 1 amide bonds. The summed E-state index contributed by atoms with van der Waals surface area (Å²) in [7, 11) is 1.66. The number of nitrogens with one attached hydrogen (secondary N) is 1. The highest BCUT2D eigenvalue weighted by molar-refractivity contribution is 5.88. The fraction of sp³-hybridized carbons (Fsp3) is 0.500. The van der Waals surface area contributed by atoms with Gasteiger partial charge in [0.15, 0.2) is 0 Å². The normalized spacial score (nSPS) is 18.8. The molecular formula is C26H35N3O3. The van der Waals surface area contributed by atoms with Gasteiger partial charge in [-0.05, 0) is 55.6 Å². The van der Waals surface area contributed by atoms with E-state index in [4.69, 9.17) is 9.47 Å². The van der Waals surface area contributed by atoms with E-state index in [0.29, 0.717) is 32.6 Å². The third-order valence-electron chi connectivity index (χ3n) is 6.85. The topological polar surface area (TPSA) is 54.0 Å². The molecule has 0 aromatic heterocycles. The Morgan fingerprint density at radius 2 is 1.69 bits per heavy atom. The summed E-state index contributed by atoms with van der Waals surface area (Å²) in [5.41, 5.74) is 1.85. The molecule has 0 bridgehead atoms. The molecule has 2 aliphatic rings. The van der Waals surface area contributed by atoms with E-state index in [1.165, 1.54) is 5.69 Å². The number of piperazine rings is 1. The van der Waals surface area contributed by atoms with Crippen LogP contribution < -0.4 is 15.0 Å². The number of rotatable bonds is 8. The predicted octanol–water partition coefficient (Wildman–Crippen LogP) is 3.07. The molecule has 6 heteroatoms. The van der Waals surface area contributed by atoms with E-state index >= 15 is 0 Å². The number of para-hydroxylation sites is 1. The van der Waals surface area contributed by atoms with Crippen LogP contribution in [0.3, 0.4) is 0 Å². The first-order valence-electron chi connectivity index (χ1n) is 11.7. The SMILES string of the molecule is COc1ccc(C2(C(=O)NCCCN3CCN(c4ccccc4)CC3)CCOCC2)cc1. The minimum atomic E-state index is -0.508. The van der Waals surface area contributed by atoms with Crippen LogP contribution in [-0.2, 0) is 14.9 Å². The third kappa shape index (κ3) is 5.25. The minimum Gasteiger partial charge on any atom is -0.497 e. The molecule has 0 atom stereocenters. The Bertz CT molecular complexity index is 842. The van der Waals surface area contributed by atoms with Crippen LogP contribution in [0.4, 0.5) is 5.69 Å². The van der Waals surface area contributed by atoms with Gasteiger partial charge >= 0.3 is 0 Å². The lowest BCUT2D eigenvalue weighted by Gasteiger charge is -2.37. The van der Waals surface area contributed by atoms with Crippen molar-refractivity contribution >= 4 is 11.6 Å². The molecule has 2 aromatic rings. The smallest absolute Gasteiger partial charge is 0.230 e. The molecule has 0 unspecified atom stereocenters. The van der Waals surface area contributed by atoms with Gasteiger partial charge in [-0.2, -0.15) is 0 Å². The molecule has 6 nitrogen and oxygen atoms in total. The highest BCUT2D eigenvalue weighted by Crippen LogP contribution is 2.36. The first kappa shape index (κ1) is 22.6. The van der Waals surface area contributed by atoms with Crippen molar-refractivity contribution in [3.63, 3.8) is 0 Å². The van der Waals surface area contributed by atoms with Gasteiger partial charge in [0.1, 0.15) is 5.75 Å². The van der Waals surface area contributed by atoms with Crippen molar-refractivity contribution in [2.24, 2.45) is 0 Å². The summed E-state index contributed by atoms with van der Waals surface area (Å²) >= 11 is 0. The van der Waals surface area contributed by atoms with Crippen molar-refractivity contribution in [1.82, 2.24) is 10.2 Å². The Balaban J connectivity index is 1.25. The first-order chi connectivity index (χ1) is 15.7. The molecule has 0 aliphatic carbocycles. The molecule has 2 fully saturated rings. The maximum Gasteiger partial charge on any atom is 0.230 e. The fourth-order valence-electron chi connectivity index (χ4n) is 4.82. The molecule has 2 heterocycles. The van der Waals surface area contributed by atoms with E-state index in [0.717, 1.165) is 50.5 Å². The number of hydrogen-bond acceptors (Lipinski definition) is 5. The largest absolute Gasteiger partial charge is 0.497 e.